The molecule has 2 aromatic carbocycles. The lowest BCUT2D eigenvalue weighted by atomic mass is 10.1. The van der Waals surface area contributed by atoms with E-state index in [1.807, 2.05) is 0 Å². The Labute approximate surface area is 144 Å². The number of hydrogen-bond donors (Lipinski definition) is 1. The molecule has 1 aliphatic heterocycles. The number of benzene rings is 2. The highest BCUT2D eigenvalue weighted by molar-refractivity contribution is 6.21. The average molecular weight is 336 g/mol. The highest BCUT2D eigenvalue weighted by Crippen LogP contribution is 2.22. The molecule has 1 N–H and O–H groups in total. The van der Waals surface area contributed by atoms with Crippen LogP contribution in [0.25, 0.3) is 0 Å². The van der Waals surface area contributed by atoms with Gasteiger partial charge in [0, 0.05) is 24.2 Å². The van der Waals surface area contributed by atoms with Crippen LogP contribution in [0.2, 0.25) is 0 Å². The Morgan fingerprint density at radius 3 is 2.20 bits per heavy atom. The predicted octanol–water partition coefficient (Wildman–Crippen LogP) is 2.51. The molecule has 0 fully saturated rings. The van der Waals surface area contributed by atoms with Crippen LogP contribution in [0, 0.1) is 0 Å². The van der Waals surface area contributed by atoms with Crippen LogP contribution >= 0.6 is 0 Å². The number of Topliss-reactive ketones (excluding diaryl/α,β-unsaturated/α-hetero) is 1. The minimum atomic E-state index is -0.382. The Morgan fingerprint density at radius 2 is 1.60 bits per heavy atom. The molecule has 0 radical (unpaired) electrons. The third-order valence-electron chi connectivity index (χ3n) is 3.99. The summed E-state index contributed by atoms with van der Waals surface area (Å²) in [5, 5.41) is 2.67. The Morgan fingerprint density at radius 1 is 0.960 bits per heavy atom. The maximum absolute atomic E-state index is 12.2. The molecule has 0 unspecified atom stereocenters. The maximum Gasteiger partial charge on any atom is 0.261 e. The number of carbonyl (C=O) groups is 4. The molecule has 0 spiro atoms. The van der Waals surface area contributed by atoms with E-state index >= 15 is 0 Å². The SMILES string of the molecule is CC(=O)c1cccc(NC(=O)CCN2C(=O)c3ccccc3C2=O)c1. The van der Waals surface area contributed by atoms with Gasteiger partial charge in [-0.15, -0.1) is 0 Å². The number of nitrogens with zero attached hydrogens (tertiary/aromatic N) is 1. The number of amides is 3. The van der Waals surface area contributed by atoms with Crippen LogP contribution in [-0.2, 0) is 4.79 Å². The summed E-state index contributed by atoms with van der Waals surface area (Å²) in [6.45, 7) is 1.45. The Kier molecular flexibility index (Phi) is 4.43. The molecule has 1 aliphatic rings. The Balaban J connectivity index is 1.62. The summed E-state index contributed by atoms with van der Waals surface area (Å²) < 4.78 is 0. The fourth-order valence-electron chi connectivity index (χ4n) is 2.69. The predicted molar refractivity (Wildman–Crippen MR) is 91.5 cm³/mol. The number of ketones is 1. The Hall–Kier alpha value is -3.28. The molecule has 0 atom stereocenters. The summed E-state index contributed by atoms with van der Waals surface area (Å²) in [7, 11) is 0. The topological polar surface area (TPSA) is 83.6 Å². The van der Waals surface area contributed by atoms with E-state index in [0.717, 1.165) is 4.90 Å². The second-order valence-corrected chi connectivity index (χ2v) is 5.74. The van der Waals surface area contributed by atoms with Crippen molar-refractivity contribution in [3.63, 3.8) is 0 Å². The number of imide groups is 1. The van der Waals surface area contributed by atoms with Crippen LogP contribution in [0.3, 0.4) is 0 Å². The molecule has 0 saturated carbocycles. The number of fused-ring (bicyclic) bond motifs is 1. The van der Waals surface area contributed by atoms with Crippen molar-refractivity contribution in [1.82, 2.24) is 4.90 Å². The number of hydrogen-bond acceptors (Lipinski definition) is 4. The molecule has 6 nitrogen and oxygen atoms in total. The first-order chi connectivity index (χ1) is 12.0. The summed E-state index contributed by atoms with van der Waals surface area (Å²) in [5.41, 5.74) is 1.72. The highest BCUT2D eigenvalue weighted by atomic mass is 16.2. The zero-order valence-corrected chi connectivity index (χ0v) is 13.6. The van der Waals surface area contributed by atoms with Crippen molar-refractivity contribution >= 4 is 29.2 Å². The van der Waals surface area contributed by atoms with Crippen LogP contribution in [0.15, 0.2) is 48.5 Å². The number of nitrogens with one attached hydrogen (secondary N) is 1. The van der Waals surface area contributed by atoms with E-state index in [1.165, 1.54) is 6.92 Å². The summed E-state index contributed by atoms with van der Waals surface area (Å²) in [5.74, 6) is -1.20. The van der Waals surface area contributed by atoms with Gasteiger partial charge in [0.05, 0.1) is 11.1 Å². The van der Waals surface area contributed by atoms with Crippen LogP contribution in [0.4, 0.5) is 5.69 Å². The van der Waals surface area contributed by atoms with Crippen LogP contribution in [0.5, 0.6) is 0 Å². The zero-order valence-electron chi connectivity index (χ0n) is 13.6. The molecule has 3 rings (SSSR count). The van der Waals surface area contributed by atoms with Crippen molar-refractivity contribution in [3.8, 4) is 0 Å². The molecule has 0 aromatic heterocycles. The molecule has 1 heterocycles. The van der Waals surface area contributed by atoms with Crippen molar-refractivity contribution in [2.75, 3.05) is 11.9 Å². The molecule has 25 heavy (non-hydrogen) atoms. The van der Waals surface area contributed by atoms with E-state index in [2.05, 4.69) is 5.32 Å². The lowest BCUT2D eigenvalue weighted by Crippen LogP contribution is -2.32. The zero-order chi connectivity index (χ0) is 18.0. The fourth-order valence-corrected chi connectivity index (χ4v) is 2.69. The number of carbonyl (C=O) groups excluding carboxylic acids is 4. The second kappa shape index (κ2) is 6.68. The van der Waals surface area contributed by atoms with Crippen molar-refractivity contribution < 1.29 is 19.2 Å². The van der Waals surface area contributed by atoms with Gasteiger partial charge in [0.25, 0.3) is 11.8 Å². The van der Waals surface area contributed by atoms with Gasteiger partial charge in [-0.3, -0.25) is 24.1 Å². The Bertz CT molecular complexity index is 853. The highest BCUT2D eigenvalue weighted by Gasteiger charge is 2.34. The van der Waals surface area contributed by atoms with Gasteiger partial charge in [-0.1, -0.05) is 24.3 Å². The summed E-state index contributed by atoms with van der Waals surface area (Å²) in [6, 6.07) is 13.2. The lowest BCUT2D eigenvalue weighted by Gasteiger charge is -2.13. The van der Waals surface area contributed by atoms with Crippen molar-refractivity contribution in [1.29, 1.82) is 0 Å². The standard InChI is InChI=1S/C19H16N2O4/c1-12(22)13-5-4-6-14(11-13)20-17(23)9-10-21-18(24)15-7-2-3-8-16(15)19(21)25/h2-8,11H,9-10H2,1H3,(H,20,23). The molecular formula is C19H16N2O4. The van der Waals surface area contributed by atoms with E-state index in [0.29, 0.717) is 22.4 Å². The van der Waals surface area contributed by atoms with Gasteiger partial charge in [-0.25, -0.2) is 0 Å². The van der Waals surface area contributed by atoms with Gasteiger partial charge in [0.1, 0.15) is 0 Å². The first-order valence-electron chi connectivity index (χ1n) is 7.83. The second-order valence-electron chi connectivity index (χ2n) is 5.74. The van der Waals surface area contributed by atoms with Crippen LogP contribution in [-0.4, -0.2) is 34.9 Å². The largest absolute Gasteiger partial charge is 0.326 e. The third kappa shape index (κ3) is 3.33. The monoisotopic (exact) mass is 336 g/mol. The van der Waals surface area contributed by atoms with Crippen LogP contribution in [0.1, 0.15) is 44.4 Å². The minimum Gasteiger partial charge on any atom is -0.326 e. The van der Waals surface area contributed by atoms with Gasteiger partial charge in [0.15, 0.2) is 5.78 Å². The molecule has 0 saturated heterocycles. The lowest BCUT2D eigenvalue weighted by molar-refractivity contribution is -0.116. The number of rotatable bonds is 5. The van der Waals surface area contributed by atoms with Gasteiger partial charge < -0.3 is 5.32 Å². The summed E-state index contributed by atoms with van der Waals surface area (Å²) in [6.07, 6.45) is -0.0181. The van der Waals surface area contributed by atoms with E-state index in [4.69, 9.17) is 0 Å². The average Bonchev–Trinajstić information content (AvgIpc) is 2.85. The molecule has 2 aromatic rings. The van der Waals surface area contributed by atoms with Gasteiger partial charge in [-0.2, -0.15) is 0 Å². The van der Waals surface area contributed by atoms with Gasteiger partial charge in [0.2, 0.25) is 5.91 Å². The fraction of sp³-hybridized carbons (Fsp3) is 0.158. The van der Waals surface area contributed by atoms with Gasteiger partial charge >= 0.3 is 0 Å². The first kappa shape index (κ1) is 16.6. The van der Waals surface area contributed by atoms with E-state index < -0.39 is 0 Å². The summed E-state index contributed by atoms with van der Waals surface area (Å²) >= 11 is 0. The van der Waals surface area contributed by atoms with Crippen molar-refractivity contribution in [2.45, 2.75) is 13.3 Å². The normalized spacial score (nSPS) is 12.9. The molecule has 6 heteroatoms. The molecule has 3 amide bonds. The third-order valence-corrected chi connectivity index (χ3v) is 3.99. The number of anilines is 1. The summed E-state index contributed by atoms with van der Waals surface area (Å²) in [4.78, 5) is 49.0. The van der Waals surface area contributed by atoms with Crippen LogP contribution < -0.4 is 5.32 Å². The van der Waals surface area contributed by atoms with Crippen molar-refractivity contribution in [3.05, 3.63) is 65.2 Å². The molecule has 0 aliphatic carbocycles. The van der Waals surface area contributed by atoms with Crippen molar-refractivity contribution in [2.24, 2.45) is 0 Å². The van der Waals surface area contributed by atoms with Gasteiger partial charge in [-0.05, 0) is 31.2 Å². The minimum absolute atomic E-state index is 0.00454. The molecular weight excluding hydrogens is 320 g/mol. The van der Waals surface area contributed by atoms with E-state index in [-0.39, 0.29) is 36.5 Å². The van der Waals surface area contributed by atoms with E-state index in [9.17, 15) is 19.2 Å². The van der Waals surface area contributed by atoms with E-state index in [1.54, 1.807) is 48.5 Å². The maximum atomic E-state index is 12.2. The quantitative estimate of drug-likeness (QED) is 0.672. The molecule has 0 bridgehead atoms. The smallest absolute Gasteiger partial charge is 0.261 e. The first-order valence-corrected chi connectivity index (χ1v) is 7.83. The molecule has 126 valence electrons.